The minimum absolute atomic E-state index is 0.0543. The van der Waals surface area contributed by atoms with Crippen molar-refractivity contribution in [2.75, 3.05) is 66.4 Å². The van der Waals surface area contributed by atoms with Crippen LogP contribution >= 0.6 is 23.1 Å². The Morgan fingerprint density at radius 3 is 2.27 bits per heavy atom. The predicted octanol–water partition coefficient (Wildman–Crippen LogP) is 7.46. The first kappa shape index (κ1) is 79.2. The van der Waals surface area contributed by atoms with Gasteiger partial charge in [-0.15, -0.1) is 11.3 Å². The van der Waals surface area contributed by atoms with Crippen molar-refractivity contribution in [3.8, 4) is 0 Å². The van der Waals surface area contributed by atoms with Crippen molar-refractivity contribution in [1.82, 2.24) is 40.6 Å². The minimum atomic E-state index is -1.06. The van der Waals surface area contributed by atoms with Gasteiger partial charge in [0.2, 0.25) is 29.5 Å². The summed E-state index contributed by atoms with van der Waals surface area (Å²) in [6, 6.07) is 3.64. The number of methoxy groups -OCH3 is 1. The van der Waals surface area contributed by atoms with Crippen LogP contribution in [0.15, 0.2) is 29.8 Å². The van der Waals surface area contributed by atoms with Gasteiger partial charge in [-0.2, -0.15) is 11.8 Å². The summed E-state index contributed by atoms with van der Waals surface area (Å²) in [6.45, 7) is 20.7. The van der Waals surface area contributed by atoms with Crippen molar-refractivity contribution in [2.24, 2.45) is 23.7 Å². The van der Waals surface area contributed by atoms with Gasteiger partial charge in [0, 0.05) is 133 Å². The van der Waals surface area contributed by atoms with Gasteiger partial charge in [0.1, 0.15) is 22.6 Å². The van der Waals surface area contributed by atoms with Crippen LogP contribution < -0.4 is 16.0 Å². The number of aromatic nitrogens is 2. The Morgan fingerprint density at radius 2 is 1.65 bits per heavy atom. The molecule has 3 heterocycles. The van der Waals surface area contributed by atoms with E-state index in [2.05, 4.69) is 25.9 Å². The highest BCUT2D eigenvalue weighted by molar-refractivity contribution is 8.00. The molecule has 91 heavy (non-hydrogen) atoms. The molecule has 23 nitrogen and oxygen atoms in total. The summed E-state index contributed by atoms with van der Waals surface area (Å²) in [4.78, 5) is 160. The number of thioether (sulfide) groups is 1. The molecule has 25 heteroatoms. The van der Waals surface area contributed by atoms with Crippen LogP contribution in [0.1, 0.15) is 193 Å². The molecule has 9 atom stereocenters. The number of amides is 6. The molecule has 510 valence electrons. The number of ketones is 3. The highest BCUT2D eigenvalue weighted by Gasteiger charge is 2.42. The first-order valence-electron chi connectivity index (χ1n) is 32.3. The van der Waals surface area contributed by atoms with Crippen molar-refractivity contribution in [2.45, 2.75) is 213 Å². The molecule has 0 aromatic carbocycles. The first-order chi connectivity index (χ1) is 43.2. The number of ether oxygens (including phenoxy) is 4. The number of hydrogen-bond donors (Lipinski definition) is 3. The number of Topliss-reactive ketones (excluding diaryl/α,β-unsaturated/α-hetero) is 3. The third kappa shape index (κ3) is 27.2. The lowest BCUT2D eigenvalue weighted by molar-refractivity contribution is -0.150. The lowest BCUT2D eigenvalue weighted by Gasteiger charge is -2.40. The largest absolute Gasteiger partial charge is 0.465 e. The van der Waals surface area contributed by atoms with Crippen LogP contribution in [-0.2, 0) is 73.3 Å². The number of unbranched alkanes of at least 4 members (excludes halogenated alkanes) is 1. The van der Waals surface area contributed by atoms with Crippen LogP contribution in [0, 0.1) is 23.7 Å². The van der Waals surface area contributed by atoms with E-state index in [0.717, 1.165) is 17.0 Å². The maximum atomic E-state index is 15.2. The number of carbonyl (C=O) groups is 11. The topological polar surface area (TPSA) is 296 Å². The fourth-order valence-electron chi connectivity index (χ4n) is 10.9. The van der Waals surface area contributed by atoms with Crippen LogP contribution in [0.3, 0.4) is 0 Å². The number of imide groups is 1. The van der Waals surface area contributed by atoms with Gasteiger partial charge < -0.3 is 39.8 Å². The second-order valence-electron chi connectivity index (χ2n) is 24.7. The summed E-state index contributed by atoms with van der Waals surface area (Å²) >= 11 is 2.48. The third-order valence-electron chi connectivity index (χ3n) is 17.0. The normalized spacial score (nSPS) is 16.1. The summed E-state index contributed by atoms with van der Waals surface area (Å²) in [5.74, 6) is -4.83. The van der Waals surface area contributed by atoms with Gasteiger partial charge in [0.05, 0.1) is 36.7 Å². The van der Waals surface area contributed by atoms with Crippen molar-refractivity contribution in [3.63, 3.8) is 0 Å². The van der Waals surface area contributed by atoms with E-state index in [4.69, 9.17) is 18.9 Å². The smallest absolute Gasteiger partial charge is 0.303 e. The van der Waals surface area contributed by atoms with E-state index in [1.807, 2.05) is 56.6 Å². The zero-order valence-corrected chi connectivity index (χ0v) is 57.8. The van der Waals surface area contributed by atoms with E-state index in [1.54, 1.807) is 65.8 Å². The Bertz CT molecular complexity index is 2660. The maximum absolute atomic E-state index is 15.2. The summed E-state index contributed by atoms with van der Waals surface area (Å²) in [5, 5.41) is 10.2. The number of carbonyl (C=O) groups excluding carboxylic acids is 11. The molecular weight excluding hydrogens is 1210 g/mol. The monoisotopic (exact) mass is 1310 g/mol. The van der Waals surface area contributed by atoms with Crippen LogP contribution in [0.4, 0.5) is 0 Å². The van der Waals surface area contributed by atoms with E-state index < -0.39 is 70.7 Å². The SMILES string of the molecule is CCCN(C(=O)[C@@H](CC(=O)C(C)(C)N(C)CCCC(=O)C(C)NC(=O)C(CCCCNC(=O)CCOCCOC)CC(=O)CCCN1C(=O)CC(SC)C1=O)C(C)CC)[C@H](C[C@@H](OC(C)=O)c1nc(C(=O)N[C@@H](Cc2ccccn2)CC(C)OC=O)cs1)C(C)C. The zero-order valence-electron chi connectivity index (χ0n) is 56.2. The summed E-state index contributed by atoms with van der Waals surface area (Å²) in [5.41, 5.74) is -0.226. The molecule has 1 saturated heterocycles. The van der Waals surface area contributed by atoms with Crippen LogP contribution in [-0.4, -0.2) is 191 Å². The molecule has 0 bridgehead atoms. The number of hydrogen-bond acceptors (Lipinski definition) is 20. The Hall–Kier alpha value is -6.02. The molecule has 1 aliphatic heterocycles. The maximum Gasteiger partial charge on any atom is 0.303 e. The number of esters is 1. The predicted molar refractivity (Wildman–Crippen MR) is 349 cm³/mol. The van der Waals surface area contributed by atoms with Gasteiger partial charge in [-0.05, 0) is 104 Å². The van der Waals surface area contributed by atoms with E-state index in [0.29, 0.717) is 95.7 Å². The number of likely N-dealkylation sites (N-methyl/N-ethyl adjacent to an activating group) is 1. The van der Waals surface area contributed by atoms with E-state index in [1.165, 1.54) is 23.6 Å². The molecule has 6 amide bonds. The summed E-state index contributed by atoms with van der Waals surface area (Å²) in [7, 11) is 3.36. The van der Waals surface area contributed by atoms with Crippen molar-refractivity contribution >= 4 is 88.3 Å². The molecule has 2 aromatic heterocycles. The molecule has 2 aromatic rings. The summed E-state index contributed by atoms with van der Waals surface area (Å²) in [6.07, 6.45) is 6.32. The summed E-state index contributed by atoms with van der Waals surface area (Å²) < 4.78 is 21.4. The number of pyridine rings is 1. The van der Waals surface area contributed by atoms with Gasteiger partial charge in [-0.1, -0.05) is 53.5 Å². The molecule has 0 radical (unpaired) electrons. The average molecular weight is 1310 g/mol. The zero-order chi connectivity index (χ0) is 67.8. The second-order valence-corrected chi connectivity index (χ2v) is 26.6. The van der Waals surface area contributed by atoms with Gasteiger partial charge in [0.25, 0.3) is 12.4 Å². The van der Waals surface area contributed by atoms with Crippen molar-refractivity contribution in [3.05, 3.63) is 46.2 Å². The quantitative estimate of drug-likeness (QED) is 0.0251. The standard InChI is InChI=1S/C66H104N8O15S2/c1-14-29-73(54(43(3)4)39-56(89-47(8)76)63-71-53(41-91-63)62(83)70-50(35-45(6)88-42-75)37-49-23-17-19-27-67-49)64(84)52(44(5)15-2)38-58(79)66(9,10)72(11)30-21-25-55(78)46(7)69-61(82)48(22-16-18-28-68-59(80)26-32-87-34-33-86-12)36-51(77)24-20-31-74-60(81)40-57(90-13)65(74)85/h17,19,23,27,41-46,48,50,52,54,56-57H,14-16,18,20-22,24-26,28-40H2,1-13H3,(H,68,80)(H,69,82)(H,70,83)/t44?,45?,46?,48?,50-,52+,54-,56-,57?/m1/s1. The van der Waals surface area contributed by atoms with Gasteiger partial charge in [-0.25, -0.2) is 4.98 Å². The van der Waals surface area contributed by atoms with Crippen molar-refractivity contribution < 1.29 is 71.7 Å². The van der Waals surface area contributed by atoms with Crippen molar-refractivity contribution in [1.29, 1.82) is 0 Å². The fraction of sp³-hybridized carbons (Fsp3) is 0.712. The molecule has 0 spiro atoms. The number of rotatable bonds is 48. The molecule has 3 rings (SSSR count). The fourth-order valence-corrected chi connectivity index (χ4v) is 12.4. The van der Waals surface area contributed by atoms with Gasteiger partial charge in [0.15, 0.2) is 17.7 Å². The molecular formula is C66H104N8O15S2. The van der Waals surface area contributed by atoms with E-state index >= 15 is 4.79 Å². The van der Waals surface area contributed by atoms with E-state index in [9.17, 15) is 47.9 Å². The average Bonchev–Trinajstić information content (AvgIpc) is 1.58. The Labute approximate surface area is 547 Å². The number of nitrogens with zero attached hydrogens (tertiary/aromatic N) is 5. The molecule has 1 fully saturated rings. The van der Waals surface area contributed by atoms with Crippen LogP contribution in [0.5, 0.6) is 0 Å². The Kier molecular flexibility index (Phi) is 36.2. The molecule has 3 N–H and O–H groups in total. The lowest BCUT2D eigenvalue weighted by Crippen LogP contribution is -2.52. The highest BCUT2D eigenvalue weighted by Crippen LogP contribution is 2.34. The lowest BCUT2D eigenvalue weighted by atomic mass is 9.81. The van der Waals surface area contributed by atoms with Crippen LogP contribution in [0.2, 0.25) is 0 Å². The Balaban J connectivity index is 1.70. The van der Waals surface area contributed by atoms with Crippen LogP contribution in [0.25, 0.3) is 0 Å². The van der Waals surface area contributed by atoms with Gasteiger partial charge >= 0.3 is 5.97 Å². The van der Waals surface area contributed by atoms with E-state index in [-0.39, 0.29) is 123 Å². The third-order valence-corrected chi connectivity index (χ3v) is 18.8. The minimum Gasteiger partial charge on any atom is -0.465 e. The molecule has 1 aliphatic rings. The molecule has 0 saturated carbocycles. The Morgan fingerprint density at radius 1 is 0.912 bits per heavy atom. The van der Waals surface area contributed by atoms with Gasteiger partial charge in [-0.3, -0.25) is 67.5 Å². The number of likely N-dealkylation sites (tertiary alicyclic amines) is 1. The highest BCUT2D eigenvalue weighted by atomic mass is 32.2. The first-order valence-corrected chi connectivity index (χ1v) is 34.4. The number of nitrogens with one attached hydrogen (secondary N) is 3. The number of thiazole rings is 1. The second kappa shape index (κ2) is 41.5. The molecule has 0 aliphatic carbocycles. The molecule has 5 unspecified atom stereocenters.